The van der Waals surface area contributed by atoms with Crippen molar-refractivity contribution in [2.24, 2.45) is 5.92 Å². The lowest BCUT2D eigenvalue weighted by atomic mass is 10.1. The maximum absolute atomic E-state index is 5.70. The Hall–Kier alpha value is -1.22. The number of ether oxygens (including phenoxy) is 2. The average molecular weight is 263 g/mol. The Bertz CT molecular complexity index is 360. The lowest BCUT2D eigenvalue weighted by Gasteiger charge is -2.16. The van der Waals surface area contributed by atoms with E-state index in [1.54, 1.807) is 7.11 Å². The minimum Gasteiger partial charge on any atom is -0.497 e. The van der Waals surface area contributed by atoms with E-state index in [0.717, 1.165) is 24.0 Å². The lowest BCUT2D eigenvalue weighted by molar-refractivity contribution is 0.298. The number of benzene rings is 1. The summed E-state index contributed by atoms with van der Waals surface area (Å²) in [5.41, 5.74) is 0. The topological polar surface area (TPSA) is 30.5 Å². The molecule has 3 heteroatoms. The Labute approximate surface area is 116 Å². The number of hydrogen-bond acceptors (Lipinski definition) is 3. The van der Waals surface area contributed by atoms with E-state index in [-0.39, 0.29) is 0 Å². The van der Waals surface area contributed by atoms with Crippen molar-refractivity contribution < 1.29 is 9.47 Å². The van der Waals surface area contributed by atoms with Crippen LogP contribution in [0.15, 0.2) is 24.3 Å². The van der Waals surface area contributed by atoms with Gasteiger partial charge in [0.15, 0.2) is 0 Å². The maximum Gasteiger partial charge on any atom is 0.119 e. The standard InChI is InChI=1S/C16H25NO2/c1-3-14(12-13-4-5-13)17-10-11-19-16-8-6-15(18-2)7-9-16/h6-9,13-14,17H,3-5,10-12H2,1-2H3. The Morgan fingerprint density at radius 3 is 2.47 bits per heavy atom. The first-order valence-corrected chi connectivity index (χ1v) is 7.32. The number of methoxy groups -OCH3 is 1. The van der Waals surface area contributed by atoms with Gasteiger partial charge in [0, 0.05) is 12.6 Å². The SMILES string of the molecule is CCC(CC1CC1)NCCOc1ccc(OC)cc1. The second kappa shape index (κ2) is 7.39. The fraction of sp³-hybridized carbons (Fsp3) is 0.625. The van der Waals surface area contributed by atoms with Crippen LogP contribution in [0.3, 0.4) is 0 Å². The third kappa shape index (κ3) is 5.11. The summed E-state index contributed by atoms with van der Waals surface area (Å²) in [6, 6.07) is 8.39. The number of hydrogen-bond donors (Lipinski definition) is 1. The first kappa shape index (κ1) is 14.2. The van der Waals surface area contributed by atoms with Crippen LogP contribution in [0.5, 0.6) is 11.5 Å². The van der Waals surface area contributed by atoms with Crippen molar-refractivity contribution in [3.8, 4) is 11.5 Å². The first-order chi connectivity index (χ1) is 9.31. The van der Waals surface area contributed by atoms with E-state index in [4.69, 9.17) is 9.47 Å². The van der Waals surface area contributed by atoms with Gasteiger partial charge in [-0.05, 0) is 43.0 Å². The summed E-state index contributed by atoms with van der Waals surface area (Å²) in [7, 11) is 1.67. The molecule has 1 atom stereocenters. The Kier molecular flexibility index (Phi) is 5.52. The van der Waals surface area contributed by atoms with Gasteiger partial charge in [-0.2, -0.15) is 0 Å². The van der Waals surface area contributed by atoms with Crippen molar-refractivity contribution in [2.45, 2.75) is 38.6 Å². The molecule has 1 fully saturated rings. The Balaban J connectivity index is 1.61. The van der Waals surface area contributed by atoms with Gasteiger partial charge in [0.25, 0.3) is 0 Å². The molecule has 19 heavy (non-hydrogen) atoms. The van der Waals surface area contributed by atoms with E-state index >= 15 is 0 Å². The molecule has 0 bridgehead atoms. The monoisotopic (exact) mass is 263 g/mol. The van der Waals surface area contributed by atoms with Crippen molar-refractivity contribution >= 4 is 0 Å². The van der Waals surface area contributed by atoms with Crippen LogP contribution < -0.4 is 14.8 Å². The molecule has 0 aromatic heterocycles. The molecule has 1 aromatic carbocycles. The summed E-state index contributed by atoms with van der Waals surface area (Å²) < 4.78 is 10.8. The quantitative estimate of drug-likeness (QED) is 0.694. The van der Waals surface area contributed by atoms with Gasteiger partial charge in [0.05, 0.1) is 7.11 Å². The Morgan fingerprint density at radius 2 is 1.89 bits per heavy atom. The summed E-state index contributed by atoms with van der Waals surface area (Å²) in [5, 5.41) is 3.58. The zero-order chi connectivity index (χ0) is 13.5. The third-order valence-electron chi connectivity index (χ3n) is 3.67. The van der Waals surface area contributed by atoms with Crippen molar-refractivity contribution in [1.82, 2.24) is 5.32 Å². The fourth-order valence-corrected chi connectivity index (χ4v) is 2.25. The van der Waals surface area contributed by atoms with Gasteiger partial charge in [-0.3, -0.25) is 0 Å². The molecule has 1 aromatic rings. The summed E-state index contributed by atoms with van der Waals surface area (Å²) >= 11 is 0. The molecule has 1 N–H and O–H groups in total. The summed E-state index contributed by atoms with van der Waals surface area (Å²) in [6.07, 6.45) is 5.40. The minimum absolute atomic E-state index is 0.659. The predicted octanol–water partition coefficient (Wildman–Crippen LogP) is 3.24. The molecule has 2 rings (SSSR count). The van der Waals surface area contributed by atoms with E-state index in [0.29, 0.717) is 12.6 Å². The van der Waals surface area contributed by atoms with Crippen LogP contribution >= 0.6 is 0 Å². The second-order valence-electron chi connectivity index (χ2n) is 5.26. The molecule has 1 saturated carbocycles. The molecule has 0 amide bonds. The molecule has 0 aliphatic heterocycles. The highest BCUT2D eigenvalue weighted by Gasteiger charge is 2.24. The molecule has 0 saturated heterocycles. The first-order valence-electron chi connectivity index (χ1n) is 7.32. The van der Waals surface area contributed by atoms with E-state index in [1.165, 1.54) is 25.7 Å². The highest BCUT2D eigenvalue weighted by atomic mass is 16.5. The molecule has 3 nitrogen and oxygen atoms in total. The van der Waals surface area contributed by atoms with Crippen molar-refractivity contribution in [1.29, 1.82) is 0 Å². The smallest absolute Gasteiger partial charge is 0.119 e. The molecule has 1 aliphatic carbocycles. The summed E-state index contributed by atoms with van der Waals surface area (Å²) in [6.45, 7) is 3.88. The van der Waals surface area contributed by atoms with Crippen LogP contribution in [0.4, 0.5) is 0 Å². The van der Waals surface area contributed by atoms with Gasteiger partial charge in [-0.15, -0.1) is 0 Å². The van der Waals surface area contributed by atoms with E-state index in [1.807, 2.05) is 24.3 Å². The zero-order valence-corrected chi connectivity index (χ0v) is 12.0. The van der Waals surface area contributed by atoms with Crippen molar-refractivity contribution in [3.63, 3.8) is 0 Å². The predicted molar refractivity (Wildman–Crippen MR) is 77.9 cm³/mol. The van der Waals surface area contributed by atoms with Crippen LogP contribution in [-0.2, 0) is 0 Å². The molecular weight excluding hydrogens is 238 g/mol. The van der Waals surface area contributed by atoms with Gasteiger partial charge in [-0.1, -0.05) is 19.8 Å². The van der Waals surface area contributed by atoms with Crippen molar-refractivity contribution in [2.75, 3.05) is 20.3 Å². The van der Waals surface area contributed by atoms with E-state index in [9.17, 15) is 0 Å². The van der Waals surface area contributed by atoms with Crippen LogP contribution in [0.25, 0.3) is 0 Å². The van der Waals surface area contributed by atoms with Gasteiger partial charge in [-0.25, -0.2) is 0 Å². The maximum atomic E-state index is 5.70. The lowest BCUT2D eigenvalue weighted by Crippen LogP contribution is -2.32. The second-order valence-corrected chi connectivity index (χ2v) is 5.26. The molecule has 1 aliphatic rings. The largest absolute Gasteiger partial charge is 0.497 e. The van der Waals surface area contributed by atoms with Crippen LogP contribution in [0, 0.1) is 5.92 Å². The molecule has 0 heterocycles. The van der Waals surface area contributed by atoms with E-state index < -0.39 is 0 Å². The molecule has 0 spiro atoms. The molecule has 106 valence electrons. The van der Waals surface area contributed by atoms with Crippen molar-refractivity contribution in [3.05, 3.63) is 24.3 Å². The fourth-order valence-electron chi connectivity index (χ4n) is 2.25. The Morgan fingerprint density at radius 1 is 1.21 bits per heavy atom. The summed E-state index contributed by atoms with van der Waals surface area (Å²) in [5.74, 6) is 2.75. The normalized spacial score (nSPS) is 16.1. The van der Waals surface area contributed by atoms with Crippen LogP contribution in [0.1, 0.15) is 32.6 Å². The molecule has 0 radical (unpaired) electrons. The zero-order valence-electron chi connectivity index (χ0n) is 12.0. The number of nitrogens with one attached hydrogen (secondary N) is 1. The third-order valence-corrected chi connectivity index (χ3v) is 3.67. The van der Waals surface area contributed by atoms with E-state index in [2.05, 4.69) is 12.2 Å². The van der Waals surface area contributed by atoms with Gasteiger partial charge in [0.1, 0.15) is 18.1 Å². The van der Waals surface area contributed by atoms with Gasteiger partial charge in [0.2, 0.25) is 0 Å². The highest BCUT2D eigenvalue weighted by Crippen LogP contribution is 2.33. The highest BCUT2D eigenvalue weighted by molar-refractivity contribution is 5.31. The van der Waals surface area contributed by atoms with Gasteiger partial charge < -0.3 is 14.8 Å². The van der Waals surface area contributed by atoms with Crippen LogP contribution in [0.2, 0.25) is 0 Å². The average Bonchev–Trinajstić information content (AvgIpc) is 3.27. The summed E-state index contributed by atoms with van der Waals surface area (Å²) in [4.78, 5) is 0. The van der Waals surface area contributed by atoms with Gasteiger partial charge >= 0.3 is 0 Å². The minimum atomic E-state index is 0.659. The molecular formula is C16H25NO2. The van der Waals surface area contributed by atoms with Crippen LogP contribution in [-0.4, -0.2) is 26.3 Å². The number of rotatable bonds is 9. The molecule has 1 unspecified atom stereocenters.